The summed E-state index contributed by atoms with van der Waals surface area (Å²) in [7, 11) is 0. The molecular formula is C14H18Br2O. The van der Waals surface area contributed by atoms with Crippen LogP contribution in [0.2, 0.25) is 0 Å². The summed E-state index contributed by atoms with van der Waals surface area (Å²) in [5.74, 6) is 5.71. The zero-order chi connectivity index (χ0) is 11.4. The Labute approximate surface area is 120 Å². The van der Waals surface area contributed by atoms with Gasteiger partial charge in [-0.2, -0.15) is 0 Å². The molecule has 0 heterocycles. The van der Waals surface area contributed by atoms with Crippen molar-refractivity contribution >= 4 is 32.2 Å². The predicted octanol–water partition coefficient (Wildman–Crippen LogP) is 4.29. The van der Waals surface area contributed by atoms with Gasteiger partial charge in [0, 0.05) is 0 Å². The van der Waals surface area contributed by atoms with E-state index in [9.17, 15) is 0 Å². The van der Waals surface area contributed by atoms with E-state index in [0.29, 0.717) is 4.32 Å². The summed E-state index contributed by atoms with van der Waals surface area (Å²) >= 11 is 7.64. The van der Waals surface area contributed by atoms with Crippen LogP contribution in [-0.4, -0.2) is 9.93 Å². The maximum Gasteiger partial charge on any atom is 0.102 e. The van der Waals surface area contributed by atoms with E-state index in [2.05, 4.69) is 32.2 Å². The first kappa shape index (κ1) is 10.7. The highest BCUT2D eigenvalue weighted by molar-refractivity contribution is 9.10. The third-order valence-electron chi connectivity index (χ3n) is 7.17. The van der Waals surface area contributed by atoms with Crippen LogP contribution in [0.4, 0.5) is 0 Å². The van der Waals surface area contributed by atoms with Crippen molar-refractivity contribution in [3.8, 4) is 0 Å². The molecule has 0 radical (unpaired) electrons. The molecule has 3 heteroatoms. The zero-order valence-corrected chi connectivity index (χ0v) is 13.0. The van der Waals surface area contributed by atoms with Gasteiger partial charge in [-0.15, -0.1) is 0 Å². The Balaban J connectivity index is 1.76. The van der Waals surface area contributed by atoms with Gasteiger partial charge in [0.15, 0.2) is 0 Å². The lowest BCUT2D eigenvalue weighted by atomic mass is 9.34. The Bertz CT molecular complexity index is 400. The minimum atomic E-state index is 0.136. The van der Waals surface area contributed by atoms with E-state index >= 15 is 0 Å². The van der Waals surface area contributed by atoms with Gasteiger partial charge in [-0.05, 0) is 74.0 Å². The predicted molar refractivity (Wildman–Crippen MR) is 73.0 cm³/mol. The van der Waals surface area contributed by atoms with Crippen LogP contribution in [0.15, 0.2) is 0 Å². The monoisotopic (exact) mass is 360 g/mol. The van der Waals surface area contributed by atoms with Crippen LogP contribution in [0.1, 0.15) is 38.5 Å². The molecule has 0 aliphatic heterocycles. The van der Waals surface area contributed by atoms with Gasteiger partial charge in [-0.3, -0.25) is 3.83 Å². The van der Waals surface area contributed by atoms with Crippen molar-refractivity contribution in [1.82, 2.24) is 0 Å². The number of hydrogen-bond acceptors (Lipinski definition) is 1. The molecule has 7 fully saturated rings. The van der Waals surface area contributed by atoms with Crippen LogP contribution in [0.25, 0.3) is 0 Å². The van der Waals surface area contributed by atoms with Gasteiger partial charge in [0.05, 0.1) is 20.6 Å². The highest BCUT2D eigenvalue weighted by Gasteiger charge is 2.76. The lowest BCUT2D eigenvalue weighted by Gasteiger charge is -2.76. The van der Waals surface area contributed by atoms with Crippen molar-refractivity contribution < 1.29 is 3.83 Å². The summed E-state index contributed by atoms with van der Waals surface area (Å²) in [6, 6.07) is 0. The summed E-state index contributed by atoms with van der Waals surface area (Å²) in [6.45, 7) is 0. The van der Waals surface area contributed by atoms with Crippen LogP contribution >= 0.6 is 32.2 Å². The van der Waals surface area contributed by atoms with Crippen LogP contribution in [0, 0.1) is 35.5 Å². The molecule has 8 bridgehead atoms. The molecular weight excluding hydrogens is 344 g/mol. The summed E-state index contributed by atoms with van der Waals surface area (Å²) in [4.78, 5) is 0. The summed E-state index contributed by atoms with van der Waals surface area (Å²) in [6.07, 6.45) is 8.64. The fourth-order valence-corrected chi connectivity index (χ4v) is 9.37. The van der Waals surface area contributed by atoms with Crippen molar-refractivity contribution in [2.75, 3.05) is 0 Å². The second-order valence-corrected chi connectivity index (χ2v) is 9.19. The first-order valence-corrected chi connectivity index (χ1v) is 8.60. The molecule has 7 saturated carbocycles. The largest absolute Gasteiger partial charge is 0.299 e. The Morgan fingerprint density at radius 1 is 0.882 bits per heavy atom. The third kappa shape index (κ3) is 0.951. The topological polar surface area (TPSA) is 9.23 Å². The summed E-state index contributed by atoms with van der Waals surface area (Å²) in [5, 5.41) is 0. The summed E-state index contributed by atoms with van der Waals surface area (Å²) < 4.78 is 6.37. The number of halogens is 2. The molecule has 8 unspecified atom stereocenters. The second kappa shape index (κ2) is 2.98. The first-order chi connectivity index (χ1) is 8.18. The average Bonchev–Trinajstić information content (AvgIpc) is 2.34. The average molecular weight is 362 g/mol. The molecule has 7 aliphatic carbocycles. The molecule has 0 amide bonds. The molecule has 94 valence electrons. The Hall–Kier alpha value is 0.920. The molecule has 7 aliphatic rings. The molecule has 1 nitrogen and oxygen atoms in total. The molecule has 0 N–H and O–H groups in total. The lowest BCUT2D eigenvalue weighted by Crippen LogP contribution is -2.78. The van der Waals surface area contributed by atoms with Crippen molar-refractivity contribution in [1.29, 1.82) is 0 Å². The van der Waals surface area contributed by atoms with E-state index in [1.807, 2.05) is 0 Å². The van der Waals surface area contributed by atoms with Gasteiger partial charge >= 0.3 is 0 Å². The van der Waals surface area contributed by atoms with Gasteiger partial charge in [0.2, 0.25) is 0 Å². The maximum absolute atomic E-state index is 6.05. The van der Waals surface area contributed by atoms with Crippen LogP contribution < -0.4 is 0 Å². The first-order valence-electron chi connectivity index (χ1n) is 7.16. The standard InChI is InChI=1S/C14H18Br2O/c15-13-5-7-1-9-10-2-8(3-11(9)13)6-14(13,17-16)12(10)4-7/h7-12H,1-6H2. The smallest absolute Gasteiger partial charge is 0.102 e. The van der Waals surface area contributed by atoms with Crippen LogP contribution in [0.3, 0.4) is 0 Å². The Morgan fingerprint density at radius 3 is 2.29 bits per heavy atom. The molecule has 17 heavy (non-hydrogen) atoms. The van der Waals surface area contributed by atoms with Crippen molar-refractivity contribution in [2.45, 2.75) is 48.5 Å². The highest BCUT2D eigenvalue weighted by atomic mass is 79.9. The fraction of sp³-hybridized carbons (Fsp3) is 1.00. The Morgan fingerprint density at radius 2 is 1.53 bits per heavy atom. The molecule has 8 atom stereocenters. The minimum absolute atomic E-state index is 0.136. The van der Waals surface area contributed by atoms with Gasteiger partial charge in [-0.25, -0.2) is 0 Å². The van der Waals surface area contributed by atoms with Crippen LogP contribution in [-0.2, 0) is 3.83 Å². The lowest BCUT2D eigenvalue weighted by molar-refractivity contribution is -0.252. The fourth-order valence-electron chi connectivity index (χ4n) is 6.97. The van der Waals surface area contributed by atoms with E-state index in [0.717, 1.165) is 35.5 Å². The molecule has 7 rings (SSSR count). The van der Waals surface area contributed by atoms with Crippen molar-refractivity contribution in [3.05, 3.63) is 0 Å². The van der Waals surface area contributed by atoms with E-state index in [4.69, 9.17) is 3.83 Å². The van der Waals surface area contributed by atoms with Gasteiger partial charge < -0.3 is 0 Å². The van der Waals surface area contributed by atoms with E-state index in [1.165, 1.54) is 38.5 Å². The quantitative estimate of drug-likeness (QED) is 0.633. The number of rotatable bonds is 1. The SMILES string of the molecule is BrOC12CC3CC4C5CC(CC41)CC2(Br)C5C3. The highest BCUT2D eigenvalue weighted by Crippen LogP contribution is 2.77. The van der Waals surface area contributed by atoms with Gasteiger partial charge in [0.25, 0.3) is 0 Å². The molecule has 0 saturated heterocycles. The van der Waals surface area contributed by atoms with Crippen LogP contribution in [0.5, 0.6) is 0 Å². The second-order valence-electron chi connectivity index (χ2n) is 7.45. The maximum atomic E-state index is 6.05. The zero-order valence-electron chi connectivity index (χ0n) is 9.87. The summed E-state index contributed by atoms with van der Waals surface area (Å²) in [5.41, 5.74) is 0.136. The Kier molecular flexibility index (Phi) is 1.87. The van der Waals surface area contributed by atoms with Gasteiger partial charge in [-0.1, -0.05) is 15.9 Å². The normalized spacial score (nSPS) is 70.2. The minimum Gasteiger partial charge on any atom is -0.299 e. The number of alkyl halides is 1. The molecule has 0 spiro atoms. The van der Waals surface area contributed by atoms with E-state index in [1.54, 1.807) is 0 Å². The van der Waals surface area contributed by atoms with Gasteiger partial charge in [0.1, 0.15) is 5.60 Å². The van der Waals surface area contributed by atoms with E-state index in [-0.39, 0.29) is 5.60 Å². The number of hydrogen-bond donors (Lipinski definition) is 0. The molecule has 0 aromatic rings. The third-order valence-corrected chi connectivity index (χ3v) is 9.34. The molecule has 0 aromatic carbocycles. The van der Waals surface area contributed by atoms with Crippen molar-refractivity contribution in [2.24, 2.45) is 35.5 Å². The molecule has 0 aromatic heterocycles. The van der Waals surface area contributed by atoms with Crippen molar-refractivity contribution in [3.63, 3.8) is 0 Å². The van der Waals surface area contributed by atoms with E-state index < -0.39 is 0 Å².